The molecule has 2 fully saturated rings. The molecule has 0 spiro atoms. The van der Waals surface area contributed by atoms with Crippen molar-refractivity contribution in [2.24, 2.45) is 11.8 Å². The number of fused-ring (bicyclic) bond motifs is 1. The van der Waals surface area contributed by atoms with Crippen LogP contribution in [0.25, 0.3) is 0 Å². The molecule has 6 atom stereocenters. The highest BCUT2D eigenvalue weighted by atomic mass is 19.4. The summed E-state index contributed by atoms with van der Waals surface area (Å²) >= 11 is 0. The van der Waals surface area contributed by atoms with Crippen LogP contribution in [-0.2, 0) is 17.1 Å². The topological polar surface area (TPSA) is 75.5 Å². The molecule has 2 aromatic carbocycles. The third-order valence-electron chi connectivity index (χ3n) is 8.37. The number of aryl methyl sites for hydroxylation is 1. The van der Waals surface area contributed by atoms with E-state index in [9.17, 15) is 40.6 Å². The first kappa shape index (κ1) is 30.9. The van der Waals surface area contributed by atoms with Gasteiger partial charge in [-0.15, -0.1) is 0 Å². The number of hydrogen-bond acceptors (Lipinski definition) is 5. The Morgan fingerprint density at radius 2 is 1.70 bits per heavy atom. The highest BCUT2D eigenvalue weighted by molar-refractivity contribution is 5.92. The molecular weight excluding hydrogens is 583 g/mol. The van der Waals surface area contributed by atoms with E-state index in [0.717, 1.165) is 0 Å². The summed E-state index contributed by atoms with van der Waals surface area (Å²) in [5.41, 5.74) is -2.07. The molecule has 1 saturated carbocycles. The Kier molecular flexibility index (Phi) is 8.25. The summed E-state index contributed by atoms with van der Waals surface area (Å²) in [6.07, 6.45) is -8.55. The number of carbonyl (C=O) groups excluding carboxylic acids is 1. The lowest BCUT2D eigenvalue weighted by molar-refractivity contribution is -0.143. The second kappa shape index (κ2) is 11.5. The molecule has 0 radical (unpaired) electrons. The van der Waals surface area contributed by atoms with Crippen LogP contribution in [0.5, 0.6) is 0 Å². The van der Waals surface area contributed by atoms with Gasteiger partial charge in [0.2, 0.25) is 0 Å². The number of halogens is 7. The first-order chi connectivity index (χ1) is 20.1. The van der Waals surface area contributed by atoms with E-state index in [2.05, 4.69) is 9.97 Å². The van der Waals surface area contributed by atoms with E-state index in [0.29, 0.717) is 36.1 Å². The summed E-state index contributed by atoms with van der Waals surface area (Å²) in [5.74, 6) is -2.55. The number of aliphatic hydroxyl groups excluding tert-OH is 1. The number of ether oxygens (including phenoxy) is 1. The van der Waals surface area contributed by atoms with Crippen LogP contribution in [-0.4, -0.2) is 44.8 Å². The number of aromatic nitrogens is 2. The first-order valence-corrected chi connectivity index (χ1v) is 13.6. The monoisotopic (exact) mass is 611 g/mol. The van der Waals surface area contributed by atoms with Crippen LogP contribution >= 0.6 is 0 Å². The van der Waals surface area contributed by atoms with Gasteiger partial charge in [0.15, 0.2) is 0 Å². The highest BCUT2D eigenvalue weighted by Gasteiger charge is 2.53. The quantitative estimate of drug-likeness (QED) is 0.326. The Labute approximate surface area is 242 Å². The SMILES string of the molecule is Cc1cc(F)ccc1[C@H]1[C@@H]2C(O)N(C(=O)c3cnccn3)C[C@H]2CC[C@@H]1O[C@H](C)c1cc(C(F)(F)F)cc(C(F)(F)F)c1. The van der Waals surface area contributed by atoms with Crippen LogP contribution in [0.15, 0.2) is 55.0 Å². The lowest BCUT2D eigenvalue weighted by Gasteiger charge is -2.42. The van der Waals surface area contributed by atoms with Crippen molar-refractivity contribution in [1.29, 1.82) is 0 Å². The number of hydrogen-bond donors (Lipinski definition) is 1. The summed E-state index contributed by atoms with van der Waals surface area (Å²) in [5, 5.41) is 11.5. The average molecular weight is 612 g/mol. The van der Waals surface area contributed by atoms with Crippen molar-refractivity contribution < 1.29 is 45.4 Å². The summed E-state index contributed by atoms with van der Waals surface area (Å²) < 4.78 is 101. The van der Waals surface area contributed by atoms with Gasteiger partial charge in [0.25, 0.3) is 5.91 Å². The number of carbonyl (C=O) groups is 1. The minimum Gasteiger partial charge on any atom is -0.373 e. The zero-order valence-electron chi connectivity index (χ0n) is 23.0. The maximum absolute atomic E-state index is 14.1. The van der Waals surface area contributed by atoms with Crippen molar-refractivity contribution in [1.82, 2.24) is 14.9 Å². The Balaban J connectivity index is 1.50. The molecule has 6 nitrogen and oxygen atoms in total. The Morgan fingerprint density at radius 3 is 2.28 bits per heavy atom. The second-order valence-corrected chi connectivity index (χ2v) is 11.1. The largest absolute Gasteiger partial charge is 0.416 e. The molecule has 230 valence electrons. The zero-order chi connectivity index (χ0) is 31.3. The van der Waals surface area contributed by atoms with Crippen LogP contribution in [0.4, 0.5) is 30.7 Å². The smallest absolute Gasteiger partial charge is 0.373 e. The maximum Gasteiger partial charge on any atom is 0.416 e. The lowest BCUT2D eigenvalue weighted by Crippen LogP contribution is -2.43. The van der Waals surface area contributed by atoms with Crippen LogP contribution in [0.1, 0.15) is 70.1 Å². The van der Waals surface area contributed by atoms with Crippen molar-refractivity contribution in [3.8, 4) is 0 Å². The molecule has 1 saturated heterocycles. The van der Waals surface area contributed by atoms with Crippen molar-refractivity contribution in [3.05, 3.63) is 94.3 Å². The van der Waals surface area contributed by atoms with Gasteiger partial charge in [-0.05, 0) is 79.6 Å². The lowest BCUT2D eigenvalue weighted by atomic mass is 9.68. The minimum atomic E-state index is -5.02. The van der Waals surface area contributed by atoms with Crippen molar-refractivity contribution >= 4 is 5.91 Å². The molecular formula is C30H28F7N3O3. The molecule has 0 bridgehead atoms. The Morgan fingerprint density at radius 1 is 1.02 bits per heavy atom. The molecule has 5 rings (SSSR count). The fraction of sp³-hybridized carbons (Fsp3) is 0.433. The minimum absolute atomic E-state index is 0.0288. The second-order valence-electron chi connectivity index (χ2n) is 11.1. The van der Waals surface area contributed by atoms with Crippen LogP contribution in [0.2, 0.25) is 0 Å². The molecule has 1 aromatic heterocycles. The van der Waals surface area contributed by atoms with Gasteiger partial charge in [0.1, 0.15) is 17.7 Å². The average Bonchev–Trinajstić information content (AvgIpc) is 3.28. The van der Waals surface area contributed by atoms with Crippen molar-refractivity contribution in [2.75, 3.05) is 6.54 Å². The third kappa shape index (κ3) is 6.23. The number of likely N-dealkylation sites (tertiary alicyclic amines) is 1. The number of aliphatic hydroxyl groups is 1. The van der Waals surface area contributed by atoms with E-state index >= 15 is 0 Å². The zero-order valence-corrected chi connectivity index (χ0v) is 23.0. The van der Waals surface area contributed by atoms with E-state index in [1.807, 2.05) is 0 Å². The summed E-state index contributed by atoms with van der Waals surface area (Å²) in [6, 6.07) is 5.39. The number of nitrogens with zero attached hydrogens (tertiary/aromatic N) is 3. The molecule has 2 aliphatic rings. The van der Waals surface area contributed by atoms with E-state index in [1.54, 1.807) is 6.92 Å². The fourth-order valence-corrected chi connectivity index (χ4v) is 6.39. The standard InChI is InChI=1S/C30H28F7N3O3/c1-15-9-21(31)4-5-22(15)26-24(43-16(2)18-10-19(29(32,33)34)12-20(11-18)30(35,36)37)6-3-17-14-40(28(42)25(17)26)27(41)23-13-38-7-8-39-23/h4-5,7-13,16-17,24-26,28,42H,3,6,14H2,1-2H3/t16-,17-,24+,25-,26-,28?/m1/s1. The van der Waals surface area contributed by atoms with E-state index in [4.69, 9.17) is 4.74 Å². The van der Waals surface area contributed by atoms with Gasteiger partial charge < -0.3 is 14.7 Å². The maximum atomic E-state index is 14.1. The molecule has 1 aliphatic heterocycles. The van der Waals surface area contributed by atoms with Gasteiger partial charge in [0, 0.05) is 30.8 Å². The van der Waals surface area contributed by atoms with E-state index in [1.165, 1.54) is 48.6 Å². The van der Waals surface area contributed by atoms with Gasteiger partial charge in [-0.3, -0.25) is 9.78 Å². The Hall–Kier alpha value is -3.58. The van der Waals surface area contributed by atoms with Gasteiger partial charge >= 0.3 is 12.4 Å². The van der Waals surface area contributed by atoms with Gasteiger partial charge in [-0.2, -0.15) is 26.3 Å². The third-order valence-corrected chi connectivity index (χ3v) is 8.37. The predicted octanol–water partition coefficient (Wildman–Crippen LogP) is 6.69. The number of alkyl halides is 6. The van der Waals surface area contributed by atoms with Crippen LogP contribution in [0, 0.1) is 24.6 Å². The van der Waals surface area contributed by atoms with Crippen molar-refractivity contribution in [2.45, 2.75) is 63.4 Å². The molecule has 13 heteroatoms. The molecule has 2 heterocycles. The fourth-order valence-electron chi connectivity index (χ4n) is 6.39. The van der Waals surface area contributed by atoms with E-state index in [-0.39, 0.29) is 29.8 Å². The van der Waals surface area contributed by atoms with E-state index < -0.39 is 65.5 Å². The molecule has 1 N–H and O–H groups in total. The van der Waals surface area contributed by atoms with Gasteiger partial charge in [0.05, 0.1) is 29.5 Å². The number of benzene rings is 2. The van der Waals surface area contributed by atoms with Crippen LogP contribution in [0.3, 0.4) is 0 Å². The molecule has 1 unspecified atom stereocenters. The molecule has 3 aromatic rings. The Bertz CT molecular complexity index is 1450. The van der Waals surface area contributed by atoms with Gasteiger partial charge in [-0.25, -0.2) is 9.37 Å². The van der Waals surface area contributed by atoms with Gasteiger partial charge in [-0.1, -0.05) is 6.07 Å². The summed E-state index contributed by atoms with van der Waals surface area (Å²) in [7, 11) is 0. The summed E-state index contributed by atoms with van der Waals surface area (Å²) in [6.45, 7) is 3.21. The molecule has 1 amide bonds. The highest BCUT2D eigenvalue weighted by Crippen LogP contribution is 2.51. The normalized spacial score (nSPS) is 25.0. The van der Waals surface area contributed by atoms with Crippen molar-refractivity contribution in [3.63, 3.8) is 0 Å². The number of amides is 1. The van der Waals surface area contributed by atoms with Crippen LogP contribution < -0.4 is 0 Å². The first-order valence-electron chi connectivity index (χ1n) is 13.6. The predicted molar refractivity (Wildman–Crippen MR) is 139 cm³/mol. The summed E-state index contributed by atoms with van der Waals surface area (Å²) in [4.78, 5) is 22.4. The number of rotatable bonds is 5. The molecule has 43 heavy (non-hydrogen) atoms. The molecule has 1 aliphatic carbocycles.